The van der Waals surface area contributed by atoms with Crippen LogP contribution in [0.1, 0.15) is 38.3 Å². The summed E-state index contributed by atoms with van der Waals surface area (Å²) in [5.74, 6) is -0.235. The van der Waals surface area contributed by atoms with Crippen LogP contribution in [0.5, 0.6) is 0 Å². The number of benzene rings is 1. The molecule has 1 rings (SSSR count). The molecule has 0 spiro atoms. The van der Waals surface area contributed by atoms with Crippen molar-refractivity contribution in [3.63, 3.8) is 0 Å². The third-order valence-corrected chi connectivity index (χ3v) is 2.88. The summed E-state index contributed by atoms with van der Waals surface area (Å²) in [6.07, 6.45) is 1.45. The largest absolute Gasteiger partial charge is 0.348 e. The Bertz CT molecular complexity index is 462. The van der Waals surface area contributed by atoms with Gasteiger partial charge >= 0.3 is 0 Å². The minimum atomic E-state index is -0.536. The van der Waals surface area contributed by atoms with E-state index in [1.165, 1.54) is 12.1 Å². The maximum absolute atomic E-state index is 11.8. The minimum Gasteiger partial charge on any atom is -0.348 e. The Hall–Kier alpha value is -1.95. The summed E-state index contributed by atoms with van der Waals surface area (Å²) in [5, 5.41) is 13.4. The van der Waals surface area contributed by atoms with E-state index in [0.717, 1.165) is 6.42 Å². The van der Waals surface area contributed by atoms with Crippen LogP contribution in [0, 0.1) is 10.1 Å². The number of nitro groups is 1. The molecule has 3 N–H and O–H groups in total. The van der Waals surface area contributed by atoms with Crippen molar-refractivity contribution in [3.05, 3.63) is 39.9 Å². The average Bonchev–Trinajstić information content (AvgIpc) is 2.39. The number of carbonyl (C=O) groups excluding carboxylic acids is 1. The second kappa shape index (κ2) is 6.84. The molecule has 0 bridgehead atoms. The van der Waals surface area contributed by atoms with Gasteiger partial charge in [-0.1, -0.05) is 25.5 Å². The predicted molar refractivity (Wildman–Crippen MR) is 72.5 cm³/mol. The van der Waals surface area contributed by atoms with E-state index in [0.29, 0.717) is 12.0 Å². The number of rotatable bonds is 6. The molecule has 104 valence electrons. The highest BCUT2D eigenvalue weighted by atomic mass is 16.6. The smallest absolute Gasteiger partial charge is 0.269 e. The standard InChI is InChI=1S/C13H19N3O3/c1-3-5-12(14)13(17)15-9(2)10-6-4-7-11(8-10)16(18)19/h4,6-9,12H,3,5,14H2,1-2H3,(H,15,17)/t9?,12-/m1/s1. The van der Waals surface area contributed by atoms with E-state index in [4.69, 9.17) is 5.73 Å². The Morgan fingerprint density at radius 1 is 1.53 bits per heavy atom. The molecular weight excluding hydrogens is 246 g/mol. The van der Waals surface area contributed by atoms with Gasteiger partial charge in [0.1, 0.15) is 0 Å². The first-order chi connectivity index (χ1) is 8.95. The summed E-state index contributed by atoms with van der Waals surface area (Å²) in [6.45, 7) is 3.73. The van der Waals surface area contributed by atoms with Gasteiger partial charge in [-0.15, -0.1) is 0 Å². The molecule has 1 aromatic carbocycles. The Kier molecular flexibility index (Phi) is 5.44. The molecule has 0 aliphatic rings. The molecule has 0 heterocycles. The van der Waals surface area contributed by atoms with Gasteiger partial charge < -0.3 is 11.1 Å². The van der Waals surface area contributed by atoms with Crippen molar-refractivity contribution in [3.8, 4) is 0 Å². The van der Waals surface area contributed by atoms with Crippen LogP contribution >= 0.6 is 0 Å². The third-order valence-electron chi connectivity index (χ3n) is 2.88. The van der Waals surface area contributed by atoms with Crippen LogP contribution in [0.3, 0.4) is 0 Å². The lowest BCUT2D eigenvalue weighted by Crippen LogP contribution is -2.41. The van der Waals surface area contributed by atoms with Gasteiger partial charge in [0.15, 0.2) is 0 Å². The summed E-state index contributed by atoms with van der Waals surface area (Å²) in [4.78, 5) is 22.0. The SMILES string of the molecule is CCC[C@@H](N)C(=O)NC(C)c1cccc([N+](=O)[O-])c1. The Morgan fingerprint density at radius 3 is 2.79 bits per heavy atom. The number of amides is 1. The molecule has 1 aromatic rings. The maximum Gasteiger partial charge on any atom is 0.269 e. The number of nitrogens with two attached hydrogens (primary N) is 1. The van der Waals surface area contributed by atoms with Crippen LogP contribution in [-0.2, 0) is 4.79 Å². The summed E-state index contributed by atoms with van der Waals surface area (Å²) < 4.78 is 0. The molecule has 6 nitrogen and oxygen atoms in total. The van der Waals surface area contributed by atoms with Crippen molar-refractivity contribution in [1.82, 2.24) is 5.32 Å². The first-order valence-corrected chi connectivity index (χ1v) is 6.26. The van der Waals surface area contributed by atoms with E-state index in [1.807, 2.05) is 6.92 Å². The fourth-order valence-corrected chi connectivity index (χ4v) is 1.75. The van der Waals surface area contributed by atoms with Crippen molar-refractivity contribution in [2.75, 3.05) is 0 Å². The lowest BCUT2D eigenvalue weighted by molar-refractivity contribution is -0.384. The number of carbonyl (C=O) groups is 1. The van der Waals surface area contributed by atoms with Gasteiger partial charge in [-0.2, -0.15) is 0 Å². The molecule has 0 aromatic heterocycles. The number of hydrogen-bond donors (Lipinski definition) is 2. The van der Waals surface area contributed by atoms with Crippen molar-refractivity contribution in [2.24, 2.45) is 5.73 Å². The summed E-state index contributed by atoms with van der Waals surface area (Å²) >= 11 is 0. The van der Waals surface area contributed by atoms with Crippen molar-refractivity contribution >= 4 is 11.6 Å². The van der Waals surface area contributed by atoms with Gasteiger partial charge in [0, 0.05) is 12.1 Å². The second-order valence-electron chi connectivity index (χ2n) is 4.48. The van der Waals surface area contributed by atoms with E-state index in [9.17, 15) is 14.9 Å². The molecule has 2 atom stereocenters. The van der Waals surface area contributed by atoms with E-state index in [2.05, 4.69) is 5.32 Å². The molecule has 0 saturated heterocycles. The Morgan fingerprint density at radius 2 is 2.21 bits per heavy atom. The van der Waals surface area contributed by atoms with E-state index >= 15 is 0 Å². The maximum atomic E-state index is 11.8. The fourth-order valence-electron chi connectivity index (χ4n) is 1.75. The number of hydrogen-bond acceptors (Lipinski definition) is 4. The second-order valence-corrected chi connectivity index (χ2v) is 4.48. The third kappa shape index (κ3) is 4.33. The normalized spacial score (nSPS) is 13.6. The quantitative estimate of drug-likeness (QED) is 0.606. The van der Waals surface area contributed by atoms with Gasteiger partial charge in [-0.3, -0.25) is 14.9 Å². The van der Waals surface area contributed by atoms with Crippen LogP contribution in [0.4, 0.5) is 5.69 Å². The highest BCUT2D eigenvalue weighted by molar-refractivity contribution is 5.81. The molecule has 0 saturated carbocycles. The van der Waals surface area contributed by atoms with Crippen molar-refractivity contribution in [2.45, 2.75) is 38.8 Å². The van der Waals surface area contributed by atoms with Crippen LogP contribution in [0.15, 0.2) is 24.3 Å². The van der Waals surface area contributed by atoms with Crippen LogP contribution < -0.4 is 11.1 Å². The number of nitro benzene ring substituents is 1. The van der Waals surface area contributed by atoms with Gasteiger partial charge in [0.25, 0.3) is 5.69 Å². The van der Waals surface area contributed by atoms with Crippen LogP contribution in [0.2, 0.25) is 0 Å². The highest BCUT2D eigenvalue weighted by Gasteiger charge is 2.17. The van der Waals surface area contributed by atoms with E-state index in [-0.39, 0.29) is 17.6 Å². The highest BCUT2D eigenvalue weighted by Crippen LogP contribution is 2.19. The molecular formula is C13H19N3O3. The van der Waals surface area contributed by atoms with Crippen LogP contribution in [-0.4, -0.2) is 16.9 Å². The topological polar surface area (TPSA) is 98.3 Å². The Labute approximate surface area is 112 Å². The van der Waals surface area contributed by atoms with Crippen LogP contribution in [0.25, 0.3) is 0 Å². The zero-order valence-electron chi connectivity index (χ0n) is 11.1. The van der Waals surface area contributed by atoms with Crippen molar-refractivity contribution < 1.29 is 9.72 Å². The Balaban J connectivity index is 2.72. The molecule has 19 heavy (non-hydrogen) atoms. The summed E-state index contributed by atoms with van der Waals surface area (Å²) in [6, 6.07) is 5.36. The predicted octanol–water partition coefficient (Wildman–Crippen LogP) is 1.90. The molecule has 1 unspecified atom stereocenters. The molecule has 0 aliphatic heterocycles. The number of non-ortho nitro benzene ring substituents is 1. The molecule has 0 fully saturated rings. The zero-order chi connectivity index (χ0) is 14.4. The molecule has 1 amide bonds. The lowest BCUT2D eigenvalue weighted by Gasteiger charge is -2.17. The lowest BCUT2D eigenvalue weighted by atomic mass is 10.1. The average molecular weight is 265 g/mol. The molecule has 0 radical (unpaired) electrons. The molecule has 0 aliphatic carbocycles. The summed E-state index contributed by atoms with van der Waals surface area (Å²) in [7, 11) is 0. The van der Waals surface area contributed by atoms with Gasteiger partial charge in [-0.25, -0.2) is 0 Å². The van der Waals surface area contributed by atoms with Gasteiger partial charge in [0.05, 0.1) is 17.0 Å². The first-order valence-electron chi connectivity index (χ1n) is 6.26. The van der Waals surface area contributed by atoms with Gasteiger partial charge in [0.2, 0.25) is 5.91 Å². The van der Waals surface area contributed by atoms with E-state index in [1.54, 1.807) is 19.1 Å². The first kappa shape index (κ1) is 15.1. The van der Waals surface area contributed by atoms with E-state index < -0.39 is 11.0 Å². The zero-order valence-corrected chi connectivity index (χ0v) is 11.1. The number of nitrogens with zero attached hydrogens (tertiary/aromatic N) is 1. The monoisotopic (exact) mass is 265 g/mol. The fraction of sp³-hybridized carbons (Fsp3) is 0.462. The van der Waals surface area contributed by atoms with Gasteiger partial charge in [-0.05, 0) is 18.9 Å². The number of nitrogens with one attached hydrogen (secondary N) is 1. The van der Waals surface area contributed by atoms with Crippen molar-refractivity contribution in [1.29, 1.82) is 0 Å². The summed E-state index contributed by atoms with van der Waals surface area (Å²) in [5.41, 5.74) is 6.41. The molecule has 6 heteroatoms. The minimum absolute atomic E-state index is 0.0106.